The number of hydrogen-bond donors (Lipinski definition) is 1. The molecule has 0 atom stereocenters. The fraction of sp³-hybridized carbons (Fsp3) is 0.200. The fourth-order valence-corrected chi connectivity index (χ4v) is 1.99. The summed E-state index contributed by atoms with van der Waals surface area (Å²) in [7, 11) is 1.98. The summed E-state index contributed by atoms with van der Waals surface area (Å²) >= 11 is 6.16. The molecule has 3 heteroatoms. The molecule has 0 aliphatic carbocycles. The maximum Gasteiger partial charge on any atom is 0.0707 e. The van der Waals surface area contributed by atoms with Crippen molar-refractivity contribution in [2.75, 3.05) is 0 Å². The largest absolute Gasteiger partial charge is 0.345 e. The molecule has 1 aromatic heterocycles. The van der Waals surface area contributed by atoms with Gasteiger partial charge in [-0.05, 0) is 6.07 Å². The molecule has 0 radical (unpaired) electrons. The van der Waals surface area contributed by atoms with Crippen LogP contribution in [0, 0.1) is 0 Å². The van der Waals surface area contributed by atoms with Crippen molar-refractivity contribution >= 4 is 22.5 Å². The molecule has 2 aromatic rings. The van der Waals surface area contributed by atoms with Crippen LogP contribution in [0.1, 0.15) is 5.69 Å². The summed E-state index contributed by atoms with van der Waals surface area (Å²) in [4.78, 5) is 0. The monoisotopic (exact) mass is 194 g/mol. The Balaban J connectivity index is 2.88. The molecule has 0 spiro atoms. The number of benzene rings is 1. The van der Waals surface area contributed by atoms with E-state index in [0.29, 0.717) is 6.54 Å². The molecule has 68 valence electrons. The second kappa shape index (κ2) is 3.05. The van der Waals surface area contributed by atoms with Crippen LogP contribution < -0.4 is 5.73 Å². The molecule has 0 aliphatic heterocycles. The first kappa shape index (κ1) is 8.60. The quantitative estimate of drug-likeness (QED) is 0.742. The van der Waals surface area contributed by atoms with Gasteiger partial charge in [0.2, 0.25) is 0 Å². The standard InChI is InChI=1S/C10H11ClN2/c1-13-8-5-3-2-4-7(8)10(11)9(13)6-12/h2-5H,6,12H2,1H3. The van der Waals surface area contributed by atoms with E-state index in [1.807, 2.05) is 35.9 Å². The third-order valence-electron chi connectivity index (χ3n) is 2.35. The Bertz CT molecular complexity index is 406. The first-order valence-corrected chi connectivity index (χ1v) is 4.55. The zero-order valence-corrected chi connectivity index (χ0v) is 8.17. The molecule has 0 saturated carbocycles. The normalized spacial score (nSPS) is 11.0. The fourth-order valence-electron chi connectivity index (χ4n) is 1.63. The maximum absolute atomic E-state index is 6.16. The van der Waals surface area contributed by atoms with Crippen molar-refractivity contribution in [3.8, 4) is 0 Å². The summed E-state index contributed by atoms with van der Waals surface area (Å²) < 4.78 is 2.04. The van der Waals surface area contributed by atoms with Gasteiger partial charge in [0.05, 0.1) is 10.7 Å². The first-order valence-electron chi connectivity index (χ1n) is 4.17. The number of rotatable bonds is 1. The second-order valence-corrected chi connectivity index (χ2v) is 3.42. The van der Waals surface area contributed by atoms with Gasteiger partial charge in [0.15, 0.2) is 0 Å². The lowest BCUT2D eigenvalue weighted by Crippen LogP contribution is -2.03. The minimum atomic E-state index is 0.476. The molecule has 0 bridgehead atoms. The Morgan fingerprint density at radius 1 is 1.38 bits per heavy atom. The van der Waals surface area contributed by atoms with Crippen molar-refractivity contribution in [1.29, 1.82) is 0 Å². The van der Waals surface area contributed by atoms with Crippen molar-refractivity contribution in [3.63, 3.8) is 0 Å². The summed E-state index contributed by atoms with van der Waals surface area (Å²) in [5, 5.41) is 1.85. The highest BCUT2D eigenvalue weighted by molar-refractivity contribution is 6.36. The summed E-state index contributed by atoms with van der Waals surface area (Å²) in [5.74, 6) is 0. The van der Waals surface area contributed by atoms with Gasteiger partial charge in [-0.2, -0.15) is 0 Å². The lowest BCUT2D eigenvalue weighted by molar-refractivity contribution is 0.849. The Kier molecular flexibility index (Phi) is 2.02. The molecule has 0 saturated heterocycles. The predicted molar refractivity (Wildman–Crippen MR) is 55.8 cm³/mol. The van der Waals surface area contributed by atoms with Crippen LogP contribution in [-0.2, 0) is 13.6 Å². The average molecular weight is 195 g/mol. The summed E-state index contributed by atoms with van der Waals surface area (Å²) in [6.45, 7) is 0.476. The number of fused-ring (bicyclic) bond motifs is 1. The molecule has 0 fully saturated rings. The van der Waals surface area contributed by atoms with E-state index >= 15 is 0 Å². The zero-order chi connectivity index (χ0) is 9.42. The van der Waals surface area contributed by atoms with Crippen molar-refractivity contribution < 1.29 is 0 Å². The molecule has 13 heavy (non-hydrogen) atoms. The van der Waals surface area contributed by atoms with Gasteiger partial charge in [-0.3, -0.25) is 0 Å². The summed E-state index contributed by atoms with van der Waals surface area (Å²) in [6, 6.07) is 8.03. The van der Waals surface area contributed by atoms with Crippen LogP contribution in [0.3, 0.4) is 0 Å². The highest BCUT2D eigenvalue weighted by atomic mass is 35.5. The van der Waals surface area contributed by atoms with E-state index in [0.717, 1.165) is 21.6 Å². The molecular formula is C10H11ClN2. The van der Waals surface area contributed by atoms with Crippen molar-refractivity contribution in [2.45, 2.75) is 6.54 Å². The average Bonchev–Trinajstić information content (AvgIpc) is 2.41. The lowest BCUT2D eigenvalue weighted by Gasteiger charge is -1.99. The number of nitrogens with zero attached hydrogens (tertiary/aromatic N) is 1. The van der Waals surface area contributed by atoms with E-state index in [1.165, 1.54) is 0 Å². The topological polar surface area (TPSA) is 30.9 Å². The number of halogens is 1. The van der Waals surface area contributed by atoms with Gasteiger partial charge >= 0.3 is 0 Å². The molecule has 0 aliphatic rings. The van der Waals surface area contributed by atoms with Crippen LogP contribution in [0.25, 0.3) is 10.9 Å². The SMILES string of the molecule is Cn1c(CN)c(Cl)c2ccccc21. The van der Waals surface area contributed by atoms with Crippen LogP contribution in [0.15, 0.2) is 24.3 Å². The van der Waals surface area contributed by atoms with Gasteiger partial charge in [-0.25, -0.2) is 0 Å². The predicted octanol–water partition coefficient (Wildman–Crippen LogP) is 2.29. The van der Waals surface area contributed by atoms with Gasteiger partial charge in [0.1, 0.15) is 0 Å². The minimum Gasteiger partial charge on any atom is -0.345 e. The second-order valence-electron chi connectivity index (χ2n) is 3.04. The van der Waals surface area contributed by atoms with Crippen LogP contribution in [0.2, 0.25) is 5.02 Å². The van der Waals surface area contributed by atoms with E-state index in [1.54, 1.807) is 0 Å². The van der Waals surface area contributed by atoms with Gasteiger partial charge in [-0.1, -0.05) is 29.8 Å². The number of para-hydroxylation sites is 1. The molecular weight excluding hydrogens is 184 g/mol. The third-order valence-corrected chi connectivity index (χ3v) is 2.78. The van der Waals surface area contributed by atoms with Crippen LogP contribution in [-0.4, -0.2) is 4.57 Å². The Labute approximate surface area is 81.9 Å². The molecule has 0 amide bonds. The van der Waals surface area contributed by atoms with Gasteiger partial charge in [0, 0.05) is 24.5 Å². The lowest BCUT2D eigenvalue weighted by atomic mass is 10.2. The van der Waals surface area contributed by atoms with Crippen molar-refractivity contribution in [2.24, 2.45) is 12.8 Å². The number of hydrogen-bond acceptors (Lipinski definition) is 1. The zero-order valence-electron chi connectivity index (χ0n) is 7.42. The number of nitrogens with two attached hydrogens (primary N) is 1. The highest BCUT2D eigenvalue weighted by Crippen LogP contribution is 2.29. The van der Waals surface area contributed by atoms with E-state index < -0.39 is 0 Å². The molecule has 2 N–H and O–H groups in total. The maximum atomic E-state index is 6.16. The van der Waals surface area contributed by atoms with Gasteiger partial charge in [0.25, 0.3) is 0 Å². The van der Waals surface area contributed by atoms with E-state index in [-0.39, 0.29) is 0 Å². The van der Waals surface area contributed by atoms with Crippen LogP contribution >= 0.6 is 11.6 Å². The molecule has 0 unspecified atom stereocenters. The summed E-state index contributed by atoms with van der Waals surface area (Å²) in [6.07, 6.45) is 0. The van der Waals surface area contributed by atoms with Crippen molar-refractivity contribution in [3.05, 3.63) is 35.0 Å². The van der Waals surface area contributed by atoms with E-state index in [9.17, 15) is 0 Å². The number of aromatic nitrogens is 1. The minimum absolute atomic E-state index is 0.476. The Hall–Kier alpha value is -0.990. The van der Waals surface area contributed by atoms with Gasteiger partial charge in [-0.15, -0.1) is 0 Å². The van der Waals surface area contributed by atoms with Crippen molar-refractivity contribution in [1.82, 2.24) is 4.57 Å². The van der Waals surface area contributed by atoms with Crippen LogP contribution in [0.4, 0.5) is 0 Å². The molecule has 1 heterocycles. The molecule has 1 aromatic carbocycles. The first-order chi connectivity index (χ1) is 6.25. The van der Waals surface area contributed by atoms with Gasteiger partial charge < -0.3 is 10.3 Å². The van der Waals surface area contributed by atoms with E-state index in [4.69, 9.17) is 17.3 Å². The Morgan fingerprint density at radius 3 is 2.69 bits per heavy atom. The Morgan fingerprint density at radius 2 is 2.08 bits per heavy atom. The third kappa shape index (κ3) is 1.14. The molecule has 2 nitrogen and oxygen atoms in total. The highest BCUT2D eigenvalue weighted by Gasteiger charge is 2.10. The molecule has 2 rings (SSSR count). The summed E-state index contributed by atoms with van der Waals surface area (Å²) in [5.41, 5.74) is 7.73. The van der Waals surface area contributed by atoms with Crippen LogP contribution in [0.5, 0.6) is 0 Å². The van der Waals surface area contributed by atoms with E-state index in [2.05, 4.69) is 0 Å². The number of aryl methyl sites for hydroxylation is 1. The smallest absolute Gasteiger partial charge is 0.0707 e.